The minimum absolute atomic E-state index is 0. The van der Waals surface area contributed by atoms with Gasteiger partial charge in [-0.2, -0.15) is 0 Å². The molecule has 1 amide bonds. The molecule has 1 aliphatic carbocycles. The van der Waals surface area contributed by atoms with Crippen LogP contribution in [0.3, 0.4) is 0 Å². The van der Waals surface area contributed by atoms with Crippen LogP contribution in [0, 0.1) is 6.92 Å². The van der Waals surface area contributed by atoms with Gasteiger partial charge in [-0.15, -0.1) is 24.0 Å². The second kappa shape index (κ2) is 12.4. The standard InChI is InChI=1S/C21H35N5O2.HI/c1-16-10-15-28-19(16)20(27)23-11-5-12-24-21(22-2)25-17-8-13-26(14-9-17)18-6-3-4-7-18;/h10,15,17-18H,3-9,11-14H2,1-2H3,(H,23,27)(H2,22,24,25);1H. The van der Waals surface area contributed by atoms with E-state index >= 15 is 0 Å². The first-order valence-corrected chi connectivity index (χ1v) is 10.7. The van der Waals surface area contributed by atoms with Crippen molar-refractivity contribution in [3.63, 3.8) is 0 Å². The lowest BCUT2D eigenvalue weighted by Crippen LogP contribution is -2.50. The van der Waals surface area contributed by atoms with E-state index in [-0.39, 0.29) is 29.9 Å². The van der Waals surface area contributed by atoms with Gasteiger partial charge in [-0.05, 0) is 45.1 Å². The zero-order chi connectivity index (χ0) is 19.8. The van der Waals surface area contributed by atoms with Gasteiger partial charge >= 0.3 is 0 Å². The van der Waals surface area contributed by atoms with Gasteiger partial charge in [-0.1, -0.05) is 12.8 Å². The monoisotopic (exact) mass is 517 g/mol. The minimum Gasteiger partial charge on any atom is -0.459 e. The maximum Gasteiger partial charge on any atom is 0.287 e. The molecule has 1 aliphatic heterocycles. The summed E-state index contributed by atoms with van der Waals surface area (Å²) in [5.74, 6) is 1.10. The molecule has 1 aromatic heterocycles. The number of aliphatic imine (C=N–C) groups is 1. The Morgan fingerprint density at radius 2 is 1.86 bits per heavy atom. The van der Waals surface area contributed by atoms with Gasteiger partial charge in [0.15, 0.2) is 11.7 Å². The molecule has 0 bridgehead atoms. The van der Waals surface area contributed by atoms with Gasteiger partial charge in [0, 0.05) is 50.9 Å². The Morgan fingerprint density at radius 1 is 1.17 bits per heavy atom. The van der Waals surface area contributed by atoms with Crippen LogP contribution in [0.4, 0.5) is 0 Å². The van der Waals surface area contributed by atoms with E-state index in [9.17, 15) is 4.79 Å². The van der Waals surface area contributed by atoms with Crippen molar-refractivity contribution in [2.24, 2.45) is 4.99 Å². The molecule has 29 heavy (non-hydrogen) atoms. The van der Waals surface area contributed by atoms with Crippen molar-refractivity contribution in [1.29, 1.82) is 0 Å². The molecule has 0 unspecified atom stereocenters. The van der Waals surface area contributed by atoms with Crippen LogP contribution in [0.15, 0.2) is 21.7 Å². The number of likely N-dealkylation sites (tertiary alicyclic amines) is 1. The molecular weight excluding hydrogens is 481 g/mol. The molecule has 3 N–H and O–H groups in total. The fourth-order valence-electron chi connectivity index (χ4n) is 4.25. The number of piperidine rings is 1. The molecule has 7 nitrogen and oxygen atoms in total. The Hall–Kier alpha value is -1.29. The number of hydrogen-bond acceptors (Lipinski definition) is 4. The van der Waals surface area contributed by atoms with Crippen LogP contribution < -0.4 is 16.0 Å². The lowest BCUT2D eigenvalue weighted by Gasteiger charge is -2.36. The van der Waals surface area contributed by atoms with Gasteiger partial charge in [-0.3, -0.25) is 9.79 Å². The Morgan fingerprint density at radius 3 is 2.48 bits per heavy atom. The van der Waals surface area contributed by atoms with Crippen molar-refractivity contribution < 1.29 is 9.21 Å². The van der Waals surface area contributed by atoms with Crippen molar-refractivity contribution in [3.8, 4) is 0 Å². The number of rotatable bonds is 7. The van der Waals surface area contributed by atoms with Crippen molar-refractivity contribution in [1.82, 2.24) is 20.9 Å². The van der Waals surface area contributed by atoms with Gasteiger partial charge in [0.25, 0.3) is 5.91 Å². The average molecular weight is 517 g/mol. The summed E-state index contributed by atoms with van der Waals surface area (Å²) in [5, 5.41) is 9.80. The number of nitrogens with zero attached hydrogens (tertiary/aromatic N) is 2. The fraction of sp³-hybridized carbons (Fsp3) is 0.714. The van der Waals surface area contributed by atoms with Gasteiger partial charge in [-0.25, -0.2) is 0 Å². The smallest absolute Gasteiger partial charge is 0.287 e. The number of guanidine groups is 1. The van der Waals surface area contributed by atoms with Crippen molar-refractivity contribution >= 4 is 35.8 Å². The predicted octanol–water partition coefficient (Wildman–Crippen LogP) is 2.90. The number of carbonyl (C=O) groups excluding carboxylic acids is 1. The number of nitrogens with one attached hydrogen (secondary N) is 3. The first-order valence-electron chi connectivity index (χ1n) is 10.7. The van der Waals surface area contributed by atoms with Crippen molar-refractivity contribution in [2.45, 2.75) is 64.0 Å². The molecule has 0 aromatic carbocycles. The summed E-state index contributed by atoms with van der Waals surface area (Å²) in [7, 11) is 1.81. The Kier molecular flexibility index (Phi) is 10.3. The highest BCUT2D eigenvalue weighted by Crippen LogP contribution is 2.26. The van der Waals surface area contributed by atoms with E-state index in [0.29, 0.717) is 18.3 Å². The normalized spacial score (nSPS) is 19.0. The zero-order valence-electron chi connectivity index (χ0n) is 17.7. The largest absolute Gasteiger partial charge is 0.459 e. The molecule has 0 radical (unpaired) electrons. The molecule has 2 fully saturated rings. The highest BCUT2D eigenvalue weighted by atomic mass is 127. The van der Waals surface area contributed by atoms with Crippen LogP contribution in [0.25, 0.3) is 0 Å². The average Bonchev–Trinajstić information content (AvgIpc) is 3.39. The summed E-state index contributed by atoms with van der Waals surface area (Å²) in [6.45, 7) is 5.61. The Bertz CT molecular complexity index is 649. The van der Waals surface area contributed by atoms with Crippen LogP contribution in [0.1, 0.15) is 61.1 Å². The number of amides is 1. The first-order chi connectivity index (χ1) is 13.7. The van der Waals surface area contributed by atoms with E-state index < -0.39 is 0 Å². The maximum atomic E-state index is 12.0. The molecular formula is C21H36IN5O2. The molecule has 164 valence electrons. The van der Waals surface area contributed by atoms with Crippen molar-refractivity contribution in [2.75, 3.05) is 33.2 Å². The molecule has 2 heterocycles. The molecule has 1 saturated heterocycles. The summed E-state index contributed by atoms with van der Waals surface area (Å²) in [4.78, 5) is 19.0. The molecule has 1 saturated carbocycles. The number of carbonyl (C=O) groups is 1. The van der Waals surface area contributed by atoms with E-state index in [2.05, 4.69) is 25.8 Å². The lowest BCUT2D eigenvalue weighted by molar-refractivity contribution is 0.0925. The quantitative estimate of drug-likeness (QED) is 0.224. The highest BCUT2D eigenvalue weighted by Gasteiger charge is 2.27. The number of furan rings is 1. The second-order valence-corrected chi connectivity index (χ2v) is 7.93. The van der Waals surface area contributed by atoms with E-state index in [1.165, 1.54) is 51.6 Å². The maximum absolute atomic E-state index is 12.0. The fourth-order valence-corrected chi connectivity index (χ4v) is 4.25. The first kappa shape index (κ1) is 24.0. The van der Waals surface area contributed by atoms with Gasteiger partial charge in [0.1, 0.15) is 0 Å². The van der Waals surface area contributed by atoms with E-state index in [4.69, 9.17) is 4.42 Å². The third-order valence-corrected chi connectivity index (χ3v) is 5.93. The lowest BCUT2D eigenvalue weighted by atomic mass is 10.0. The van der Waals surface area contributed by atoms with Gasteiger partial charge in [0.05, 0.1) is 6.26 Å². The zero-order valence-corrected chi connectivity index (χ0v) is 20.0. The molecule has 3 rings (SSSR count). The third-order valence-electron chi connectivity index (χ3n) is 5.93. The second-order valence-electron chi connectivity index (χ2n) is 7.93. The molecule has 0 spiro atoms. The summed E-state index contributed by atoms with van der Waals surface area (Å²) >= 11 is 0. The Labute approximate surface area is 191 Å². The third kappa shape index (κ3) is 7.16. The van der Waals surface area contributed by atoms with E-state index in [1.807, 2.05) is 14.0 Å². The summed E-state index contributed by atoms with van der Waals surface area (Å²) in [6.07, 6.45) is 10.3. The summed E-state index contributed by atoms with van der Waals surface area (Å²) < 4.78 is 5.20. The Balaban J connectivity index is 0.00000300. The van der Waals surface area contributed by atoms with Gasteiger partial charge in [0.2, 0.25) is 0 Å². The van der Waals surface area contributed by atoms with E-state index in [1.54, 1.807) is 12.3 Å². The van der Waals surface area contributed by atoms with Gasteiger partial charge < -0.3 is 25.3 Å². The van der Waals surface area contributed by atoms with Crippen LogP contribution in [0.5, 0.6) is 0 Å². The summed E-state index contributed by atoms with van der Waals surface area (Å²) in [5.41, 5.74) is 0.860. The van der Waals surface area contributed by atoms with E-state index in [0.717, 1.165) is 30.5 Å². The minimum atomic E-state index is -0.154. The van der Waals surface area contributed by atoms with Crippen LogP contribution in [0.2, 0.25) is 0 Å². The summed E-state index contributed by atoms with van der Waals surface area (Å²) in [6, 6.07) is 3.12. The van der Waals surface area contributed by atoms with Crippen LogP contribution in [-0.2, 0) is 0 Å². The molecule has 8 heteroatoms. The van der Waals surface area contributed by atoms with Crippen LogP contribution in [-0.4, -0.2) is 62.1 Å². The molecule has 1 aromatic rings. The highest BCUT2D eigenvalue weighted by molar-refractivity contribution is 14.0. The number of hydrogen-bond donors (Lipinski definition) is 3. The topological polar surface area (TPSA) is 81.9 Å². The van der Waals surface area contributed by atoms with Crippen LogP contribution >= 0.6 is 24.0 Å². The molecule has 2 aliphatic rings. The SMILES string of the molecule is CN=C(NCCCNC(=O)c1occc1C)NC1CCN(C2CCCC2)CC1.I. The number of halogens is 1. The van der Waals surface area contributed by atoms with Crippen molar-refractivity contribution in [3.05, 3.63) is 23.7 Å². The predicted molar refractivity (Wildman–Crippen MR) is 127 cm³/mol. The molecule has 0 atom stereocenters. The number of aryl methyl sites for hydroxylation is 1.